The van der Waals surface area contributed by atoms with Gasteiger partial charge in [0.15, 0.2) is 0 Å². The highest BCUT2D eigenvalue weighted by molar-refractivity contribution is 7.80. The topological polar surface area (TPSA) is 3.24 Å². The molecule has 0 atom stereocenters. The van der Waals surface area contributed by atoms with E-state index in [9.17, 15) is 0 Å². The van der Waals surface area contributed by atoms with Crippen LogP contribution in [0.3, 0.4) is 0 Å². The summed E-state index contributed by atoms with van der Waals surface area (Å²) in [7, 11) is 0. The lowest BCUT2D eigenvalue weighted by atomic mass is 10.1. The first-order valence-electron chi connectivity index (χ1n) is 6.00. The molecule has 0 saturated carbocycles. The van der Waals surface area contributed by atoms with Crippen LogP contribution in [-0.4, -0.2) is 23.0 Å². The molecule has 0 aromatic carbocycles. The predicted octanol–water partition coefficient (Wildman–Crippen LogP) is 3.72. The van der Waals surface area contributed by atoms with E-state index in [-0.39, 0.29) is 0 Å². The number of rotatable bonds is 2. The number of thiophene rings is 1. The lowest BCUT2D eigenvalue weighted by Gasteiger charge is -2.29. The molecule has 2 rings (SSSR count). The summed E-state index contributed by atoms with van der Waals surface area (Å²) in [6, 6.07) is 2.29. The Bertz CT molecular complexity index is 375. The Labute approximate surface area is 107 Å². The van der Waals surface area contributed by atoms with E-state index in [0.717, 1.165) is 11.4 Å². The van der Waals surface area contributed by atoms with Crippen LogP contribution in [-0.2, 0) is 6.42 Å². The molecular weight excluding hydrogens is 234 g/mol. The van der Waals surface area contributed by atoms with E-state index in [1.807, 2.05) is 11.3 Å². The van der Waals surface area contributed by atoms with Crippen molar-refractivity contribution in [2.45, 2.75) is 39.5 Å². The normalized spacial score (nSPS) is 16.5. The summed E-state index contributed by atoms with van der Waals surface area (Å²) in [5, 5.41) is 0. The maximum absolute atomic E-state index is 5.56. The van der Waals surface area contributed by atoms with Crippen LogP contribution in [0, 0.1) is 13.8 Å². The monoisotopic (exact) mass is 253 g/mol. The zero-order chi connectivity index (χ0) is 11.5. The van der Waals surface area contributed by atoms with Crippen molar-refractivity contribution in [1.29, 1.82) is 0 Å². The fourth-order valence-electron chi connectivity index (χ4n) is 2.28. The molecule has 0 bridgehead atoms. The lowest BCUT2D eigenvalue weighted by molar-refractivity contribution is 0.343. The minimum atomic E-state index is 0.964. The van der Waals surface area contributed by atoms with Gasteiger partial charge in [-0.15, -0.1) is 11.3 Å². The molecular formula is C13H19NS2. The number of piperidine rings is 1. The van der Waals surface area contributed by atoms with E-state index >= 15 is 0 Å². The highest BCUT2D eigenvalue weighted by atomic mass is 32.1. The van der Waals surface area contributed by atoms with Crippen molar-refractivity contribution in [2.24, 2.45) is 0 Å². The number of nitrogens with zero attached hydrogens (tertiary/aromatic N) is 1. The Balaban J connectivity index is 1.98. The summed E-state index contributed by atoms with van der Waals surface area (Å²) in [5.74, 6) is 0. The molecule has 1 fully saturated rings. The van der Waals surface area contributed by atoms with Gasteiger partial charge in [0.05, 0.1) is 4.99 Å². The van der Waals surface area contributed by atoms with Gasteiger partial charge in [0.2, 0.25) is 0 Å². The fraction of sp³-hybridized carbons (Fsp3) is 0.615. The predicted molar refractivity (Wildman–Crippen MR) is 75.5 cm³/mol. The molecule has 1 nitrogen and oxygen atoms in total. The maximum atomic E-state index is 5.56. The van der Waals surface area contributed by atoms with Crippen molar-refractivity contribution in [3.63, 3.8) is 0 Å². The zero-order valence-corrected chi connectivity index (χ0v) is 11.7. The average molecular weight is 253 g/mol. The second kappa shape index (κ2) is 5.28. The molecule has 0 amide bonds. The smallest absolute Gasteiger partial charge is 0.0824 e. The first-order valence-corrected chi connectivity index (χ1v) is 7.23. The van der Waals surface area contributed by atoms with Crippen LogP contribution in [0.15, 0.2) is 6.07 Å². The molecule has 1 aliphatic heterocycles. The second-order valence-corrected chi connectivity index (χ2v) is 6.49. The highest BCUT2D eigenvalue weighted by Crippen LogP contribution is 2.22. The molecule has 16 heavy (non-hydrogen) atoms. The fourth-order valence-corrected chi connectivity index (χ4v) is 3.56. The molecule has 0 N–H and O–H groups in total. The summed E-state index contributed by atoms with van der Waals surface area (Å²) in [4.78, 5) is 6.36. The van der Waals surface area contributed by atoms with E-state index in [0.29, 0.717) is 0 Å². The van der Waals surface area contributed by atoms with Gasteiger partial charge >= 0.3 is 0 Å². The van der Waals surface area contributed by atoms with E-state index in [4.69, 9.17) is 12.2 Å². The van der Waals surface area contributed by atoms with Crippen LogP contribution in [0.4, 0.5) is 0 Å². The minimum absolute atomic E-state index is 0.964. The Morgan fingerprint density at radius 1 is 1.31 bits per heavy atom. The minimum Gasteiger partial charge on any atom is -0.366 e. The summed E-state index contributed by atoms with van der Waals surface area (Å²) in [6.45, 7) is 6.71. The number of likely N-dealkylation sites (tertiary alicyclic amines) is 1. The molecule has 0 spiro atoms. The molecule has 1 aliphatic rings. The molecule has 0 radical (unpaired) electrons. The number of thiocarbonyl (C=S) groups is 1. The zero-order valence-electron chi connectivity index (χ0n) is 10.1. The number of hydrogen-bond donors (Lipinski definition) is 0. The third-order valence-electron chi connectivity index (χ3n) is 3.19. The van der Waals surface area contributed by atoms with Gasteiger partial charge in [-0.25, -0.2) is 0 Å². The van der Waals surface area contributed by atoms with Crippen LogP contribution in [0.5, 0.6) is 0 Å². The first-order chi connectivity index (χ1) is 7.66. The van der Waals surface area contributed by atoms with Crippen LogP contribution in [0.25, 0.3) is 0 Å². The van der Waals surface area contributed by atoms with Gasteiger partial charge in [-0.1, -0.05) is 12.2 Å². The summed E-state index contributed by atoms with van der Waals surface area (Å²) in [6.07, 6.45) is 4.95. The molecule has 0 unspecified atom stereocenters. The van der Waals surface area contributed by atoms with Gasteiger partial charge in [0.25, 0.3) is 0 Å². The molecule has 0 aliphatic carbocycles. The maximum Gasteiger partial charge on any atom is 0.0824 e. The average Bonchev–Trinajstić information content (AvgIpc) is 2.59. The largest absolute Gasteiger partial charge is 0.366 e. The standard InChI is InChI=1S/C13H19NS2/c1-10-8-12(11(2)16-10)9-13(15)14-6-4-3-5-7-14/h8H,3-7,9H2,1-2H3. The molecule has 3 heteroatoms. The Morgan fingerprint density at radius 3 is 2.56 bits per heavy atom. The van der Waals surface area contributed by atoms with Gasteiger partial charge < -0.3 is 4.90 Å². The van der Waals surface area contributed by atoms with Crippen molar-refractivity contribution < 1.29 is 0 Å². The van der Waals surface area contributed by atoms with Crippen molar-refractivity contribution in [3.05, 3.63) is 21.4 Å². The summed E-state index contributed by atoms with van der Waals surface area (Å²) >= 11 is 7.44. The van der Waals surface area contributed by atoms with Crippen molar-refractivity contribution in [2.75, 3.05) is 13.1 Å². The van der Waals surface area contributed by atoms with Crippen LogP contribution in [0.2, 0.25) is 0 Å². The van der Waals surface area contributed by atoms with Crippen LogP contribution in [0.1, 0.15) is 34.6 Å². The highest BCUT2D eigenvalue weighted by Gasteiger charge is 2.14. The van der Waals surface area contributed by atoms with Crippen molar-refractivity contribution in [3.8, 4) is 0 Å². The summed E-state index contributed by atoms with van der Waals surface area (Å²) in [5.41, 5.74) is 1.43. The summed E-state index contributed by atoms with van der Waals surface area (Å²) < 4.78 is 0. The van der Waals surface area contributed by atoms with Crippen LogP contribution < -0.4 is 0 Å². The van der Waals surface area contributed by atoms with Crippen LogP contribution >= 0.6 is 23.6 Å². The quantitative estimate of drug-likeness (QED) is 0.739. The first kappa shape index (κ1) is 12.1. The van der Waals surface area contributed by atoms with E-state index in [1.165, 1.54) is 47.7 Å². The Kier molecular flexibility index (Phi) is 3.98. The third kappa shape index (κ3) is 2.83. The molecule has 1 aromatic rings. The van der Waals surface area contributed by atoms with E-state index < -0.39 is 0 Å². The molecule has 1 aromatic heterocycles. The number of hydrogen-bond acceptors (Lipinski definition) is 2. The van der Waals surface area contributed by atoms with Gasteiger partial charge in [-0.2, -0.15) is 0 Å². The second-order valence-electron chi connectivity index (χ2n) is 4.56. The van der Waals surface area contributed by atoms with Gasteiger partial charge in [0.1, 0.15) is 0 Å². The molecule has 88 valence electrons. The van der Waals surface area contributed by atoms with E-state index in [1.54, 1.807) is 0 Å². The number of aryl methyl sites for hydroxylation is 2. The Morgan fingerprint density at radius 2 is 2.00 bits per heavy atom. The molecule has 2 heterocycles. The van der Waals surface area contributed by atoms with Gasteiger partial charge in [-0.3, -0.25) is 0 Å². The van der Waals surface area contributed by atoms with Gasteiger partial charge in [0, 0.05) is 29.3 Å². The Hall–Kier alpha value is -0.410. The SMILES string of the molecule is Cc1cc(CC(=S)N2CCCCC2)c(C)s1. The van der Waals surface area contributed by atoms with Crippen molar-refractivity contribution in [1.82, 2.24) is 4.90 Å². The third-order valence-corrected chi connectivity index (χ3v) is 4.60. The molecule has 1 saturated heterocycles. The van der Waals surface area contributed by atoms with E-state index in [2.05, 4.69) is 24.8 Å². The van der Waals surface area contributed by atoms with Gasteiger partial charge in [-0.05, 0) is 44.7 Å². The van der Waals surface area contributed by atoms with Crippen molar-refractivity contribution >= 4 is 28.5 Å². The lowest BCUT2D eigenvalue weighted by Crippen LogP contribution is -2.35.